The molecule has 0 radical (unpaired) electrons. The van der Waals surface area contributed by atoms with Crippen molar-refractivity contribution in [3.8, 4) is 10.7 Å². The van der Waals surface area contributed by atoms with Crippen molar-refractivity contribution in [2.24, 2.45) is 13.0 Å². The molecule has 30 heavy (non-hydrogen) atoms. The first-order valence-electron chi connectivity index (χ1n) is 9.61. The highest BCUT2D eigenvalue weighted by atomic mass is 32.2. The monoisotopic (exact) mass is 449 g/mol. The first kappa shape index (κ1) is 20.6. The molecule has 0 atom stereocenters. The summed E-state index contributed by atoms with van der Waals surface area (Å²) in [5.74, 6) is 0.744. The standard InChI is InChI=1S/C19H23N5O4S2/c1-12-4-7-24(8-5-12)19(25)17-13(2)20-18(29-17)15-10-14(11-23(15)3)30(26,27)22-16-6-9-28-21-16/h6,9-12H,4-5,7-8H2,1-3H3,(H,21,22). The Kier molecular flexibility index (Phi) is 5.41. The van der Waals surface area contributed by atoms with Gasteiger partial charge in [-0.05, 0) is 31.7 Å². The second kappa shape index (κ2) is 7.88. The maximum absolute atomic E-state index is 13.0. The zero-order valence-corrected chi connectivity index (χ0v) is 18.6. The summed E-state index contributed by atoms with van der Waals surface area (Å²) in [6, 6.07) is 2.96. The molecule has 0 aromatic carbocycles. The lowest BCUT2D eigenvalue weighted by molar-refractivity contribution is 0.0701. The van der Waals surface area contributed by atoms with E-state index in [0.717, 1.165) is 25.9 Å². The van der Waals surface area contributed by atoms with Gasteiger partial charge >= 0.3 is 0 Å². The molecule has 4 heterocycles. The van der Waals surface area contributed by atoms with Crippen molar-refractivity contribution in [2.75, 3.05) is 17.8 Å². The number of hydrogen-bond donors (Lipinski definition) is 1. The molecule has 0 aliphatic carbocycles. The van der Waals surface area contributed by atoms with E-state index in [1.807, 2.05) is 11.8 Å². The molecule has 4 rings (SSSR count). The Labute approximate surface area is 178 Å². The van der Waals surface area contributed by atoms with Gasteiger partial charge in [0.2, 0.25) is 0 Å². The molecule has 0 unspecified atom stereocenters. The van der Waals surface area contributed by atoms with Crippen molar-refractivity contribution in [3.63, 3.8) is 0 Å². The molecule has 3 aromatic heterocycles. The van der Waals surface area contributed by atoms with E-state index < -0.39 is 10.0 Å². The van der Waals surface area contributed by atoms with Gasteiger partial charge in [-0.2, -0.15) is 0 Å². The van der Waals surface area contributed by atoms with Crippen LogP contribution in [-0.2, 0) is 17.1 Å². The number of hydrogen-bond acceptors (Lipinski definition) is 7. The average Bonchev–Trinajstić information content (AvgIpc) is 3.42. The van der Waals surface area contributed by atoms with Gasteiger partial charge < -0.3 is 14.0 Å². The number of amides is 1. The number of carbonyl (C=O) groups is 1. The smallest absolute Gasteiger partial charge is 0.265 e. The Balaban J connectivity index is 1.59. The molecule has 9 nitrogen and oxygen atoms in total. The van der Waals surface area contributed by atoms with Crippen molar-refractivity contribution in [2.45, 2.75) is 31.6 Å². The molecule has 0 saturated carbocycles. The zero-order valence-electron chi connectivity index (χ0n) is 17.0. The van der Waals surface area contributed by atoms with Crippen LogP contribution in [0.4, 0.5) is 5.82 Å². The van der Waals surface area contributed by atoms with Crippen LogP contribution in [0.25, 0.3) is 10.7 Å². The number of piperidine rings is 1. The Hall–Kier alpha value is -2.66. The summed E-state index contributed by atoms with van der Waals surface area (Å²) in [7, 11) is -2.08. The van der Waals surface area contributed by atoms with E-state index in [0.29, 0.717) is 27.2 Å². The fraction of sp³-hybridized carbons (Fsp3) is 0.421. The maximum Gasteiger partial charge on any atom is 0.265 e. The molecule has 0 bridgehead atoms. The van der Waals surface area contributed by atoms with Crippen molar-refractivity contribution in [1.82, 2.24) is 19.6 Å². The van der Waals surface area contributed by atoms with Crippen molar-refractivity contribution >= 4 is 33.1 Å². The van der Waals surface area contributed by atoms with Gasteiger partial charge in [0, 0.05) is 32.4 Å². The van der Waals surface area contributed by atoms with Crippen LogP contribution in [0, 0.1) is 12.8 Å². The quantitative estimate of drug-likeness (QED) is 0.641. The second-order valence-corrected chi connectivity index (χ2v) is 10.3. The maximum atomic E-state index is 13.0. The summed E-state index contributed by atoms with van der Waals surface area (Å²) in [5, 5.41) is 4.18. The molecule has 160 valence electrons. The molecule has 1 aliphatic rings. The first-order valence-corrected chi connectivity index (χ1v) is 11.9. The molecule has 1 fully saturated rings. The van der Waals surface area contributed by atoms with Crippen LogP contribution in [-0.4, -0.2) is 47.0 Å². The molecule has 3 aromatic rings. The Morgan fingerprint density at radius 3 is 2.73 bits per heavy atom. The Bertz CT molecular complexity index is 1160. The topological polar surface area (TPSA) is 110 Å². The molecule has 1 amide bonds. The SMILES string of the molecule is Cc1nc(-c2cc(S(=O)(=O)Nc3ccon3)cn2C)sc1C(=O)N1CCC(C)CC1. The molecule has 1 N–H and O–H groups in total. The van der Waals surface area contributed by atoms with Gasteiger partial charge in [-0.15, -0.1) is 11.3 Å². The normalized spacial score (nSPS) is 15.5. The predicted molar refractivity (Wildman–Crippen MR) is 113 cm³/mol. The lowest BCUT2D eigenvalue weighted by Gasteiger charge is -2.30. The molecule has 1 saturated heterocycles. The van der Waals surface area contributed by atoms with E-state index in [2.05, 4.69) is 26.3 Å². The number of thiazole rings is 1. The van der Waals surface area contributed by atoms with E-state index in [1.54, 1.807) is 11.6 Å². The highest BCUT2D eigenvalue weighted by molar-refractivity contribution is 7.92. The van der Waals surface area contributed by atoms with E-state index in [1.165, 1.54) is 35.9 Å². The van der Waals surface area contributed by atoms with E-state index in [9.17, 15) is 13.2 Å². The summed E-state index contributed by atoms with van der Waals surface area (Å²) in [6.07, 6.45) is 4.80. The van der Waals surface area contributed by atoms with Crippen LogP contribution in [0.5, 0.6) is 0 Å². The van der Waals surface area contributed by atoms with E-state index in [4.69, 9.17) is 0 Å². The van der Waals surface area contributed by atoms with Crippen LogP contribution >= 0.6 is 11.3 Å². The third-order valence-corrected chi connectivity index (χ3v) is 7.74. The number of aromatic nitrogens is 3. The molecular formula is C19H23N5O4S2. The van der Waals surface area contributed by atoms with Gasteiger partial charge in [0.05, 0.1) is 11.4 Å². The third-order valence-electron chi connectivity index (χ3n) is 5.25. The van der Waals surface area contributed by atoms with Gasteiger partial charge in [-0.3, -0.25) is 9.52 Å². The van der Waals surface area contributed by atoms with Gasteiger partial charge in [0.1, 0.15) is 21.0 Å². The number of nitrogens with zero attached hydrogens (tertiary/aromatic N) is 4. The minimum absolute atomic E-state index is 0.00194. The first-order chi connectivity index (χ1) is 14.2. The highest BCUT2D eigenvalue weighted by Gasteiger charge is 2.26. The molecular weight excluding hydrogens is 426 g/mol. The van der Waals surface area contributed by atoms with E-state index in [-0.39, 0.29) is 16.6 Å². The number of aryl methyl sites for hydroxylation is 2. The third kappa shape index (κ3) is 3.99. The number of carbonyl (C=O) groups excluding carboxylic acids is 1. The summed E-state index contributed by atoms with van der Waals surface area (Å²) in [4.78, 5) is 20.1. The summed E-state index contributed by atoms with van der Waals surface area (Å²) < 4.78 is 34.0. The summed E-state index contributed by atoms with van der Waals surface area (Å²) >= 11 is 1.29. The van der Waals surface area contributed by atoms with Gasteiger partial charge in [-0.1, -0.05) is 12.1 Å². The van der Waals surface area contributed by atoms with Crippen LogP contribution in [0.2, 0.25) is 0 Å². The largest absolute Gasteiger partial charge is 0.363 e. The lowest BCUT2D eigenvalue weighted by Crippen LogP contribution is -2.37. The van der Waals surface area contributed by atoms with Crippen LogP contribution in [0.15, 0.2) is 34.0 Å². The van der Waals surface area contributed by atoms with Crippen molar-refractivity contribution in [1.29, 1.82) is 0 Å². The van der Waals surface area contributed by atoms with Gasteiger partial charge in [0.15, 0.2) is 5.82 Å². The number of nitrogens with one attached hydrogen (secondary N) is 1. The minimum Gasteiger partial charge on any atom is -0.363 e. The zero-order chi connectivity index (χ0) is 21.5. The van der Waals surface area contributed by atoms with Crippen LogP contribution in [0.1, 0.15) is 35.1 Å². The summed E-state index contributed by atoms with van der Waals surface area (Å²) in [5.41, 5.74) is 1.28. The number of rotatable bonds is 5. The number of likely N-dealkylation sites (tertiary alicyclic amines) is 1. The predicted octanol–water partition coefficient (Wildman–Crippen LogP) is 3.12. The Morgan fingerprint density at radius 2 is 2.07 bits per heavy atom. The summed E-state index contributed by atoms with van der Waals surface area (Å²) in [6.45, 7) is 5.53. The fourth-order valence-corrected chi connectivity index (χ4v) is 5.57. The number of sulfonamides is 1. The molecule has 0 spiro atoms. The van der Waals surface area contributed by atoms with Crippen molar-refractivity contribution < 1.29 is 17.7 Å². The minimum atomic E-state index is -3.83. The van der Waals surface area contributed by atoms with Crippen LogP contribution < -0.4 is 4.72 Å². The molecule has 1 aliphatic heterocycles. The van der Waals surface area contributed by atoms with Crippen molar-refractivity contribution in [3.05, 3.63) is 35.2 Å². The van der Waals surface area contributed by atoms with Gasteiger partial charge in [0.25, 0.3) is 15.9 Å². The number of anilines is 1. The lowest BCUT2D eigenvalue weighted by atomic mass is 9.99. The van der Waals surface area contributed by atoms with E-state index >= 15 is 0 Å². The second-order valence-electron chi connectivity index (χ2n) is 7.57. The highest BCUT2D eigenvalue weighted by Crippen LogP contribution is 2.32. The van der Waals surface area contributed by atoms with Crippen LogP contribution in [0.3, 0.4) is 0 Å². The Morgan fingerprint density at radius 1 is 1.33 bits per heavy atom. The van der Waals surface area contributed by atoms with Gasteiger partial charge in [-0.25, -0.2) is 13.4 Å². The fourth-order valence-electron chi connectivity index (χ4n) is 3.42. The molecule has 11 heteroatoms. The average molecular weight is 450 g/mol.